The van der Waals surface area contributed by atoms with Crippen molar-refractivity contribution >= 4 is 40.9 Å². The van der Waals surface area contributed by atoms with Gasteiger partial charge < -0.3 is 10.2 Å². The number of anilines is 1. The highest BCUT2D eigenvalue weighted by Crippen LogP contribution is 2.28. The smallest absolute Gasteiger partial charge is 0.226 e. The largest absolute Gasteiger partial charge is 0.350 e. The summed E-state index contributed by atoms with van der Waals surface area (Å²) in [5, 5.41) is 4.12. The SMILES string of the molecule is Cc1ccc(NC(=O)CC2CS/C(=N\C3CCCCC3)N2C)cc1.Cl. The van der Waals surface area contributed by atoms with Gasteiger partial charge in [0.25, 0.3) is 0 Å². The van der Waals surface area contributed by atoms with Crippen molar-refractivity contribution in [2.45, 2.75) is 57.5 Å². The highest BCUT2D eigenvalue weighted by Gasteiger charge is 2.29. The summed E-state index contributed by atoms with van der Waals surface area (Å²) in [5.41, 5.74) is 2.07. The summed E-state index contributed by atoms with van der Waals surface area (Å²) in [6, 6.07) is 8.67. The third-order valence-corrected chi connectivity index (χ3v) is 6.08. The van der Waals surface area contributed by atoms with E-state index in [1.807, 2.05) is 31.2 Å². The van der Waals surface area contributed by atoms with Gasteiger partial charge in [-0.1, -0.05) is 48.7 Å². The lowest BCUT2D eigenvalue weighted by Gasteiger charge is -2.23. The highest BCUT2D eigenvalue weighted by atomic mass is 35.5. The molecule has 1 aliphatic heterocycles. The van der Waals surface area contributed by atoms with Crippen LogP contribution in [0, 0.1) is 6.92 Å². The van der Waals surface area contributed by atoms with Gasteiger partial charge in [-0.25, -0.2) is 0 Å². The number of amides is 1. The van der Waals surface area contributed by atoms with E-state index in [1.54, 1.807) is 11.8 Å². The number of aryl methyl sites for hydroxylation is 1. The van der Waals surface area contributed by atoms with E-state index in [2.05, 4.69) is 17.3 Å². The van der Waals surface area contributed by atoms with Crippen molar-refractivity contribution < 1.29 is 4.79 Å². The first-order chi connectivity index (χ1) is 11.6. The molecule has 1 heterocycles. The lowest BCUT2D eigenvalue weighted by Crippen LogP contribution is -2.34. The van der Waals surface area contributed by atoms with Crippen molar-refractivity contribution in [1.29, 1.82) is 0 Å². The van der Waals surface area contributed by atoms with Gasteiger partial charge in [0.2, 0.25) is 5.91 Å². The van der Waals surface area contributed by atoms with Crippen molar-refractivity contribution in [3.05, 3.63) is 29.8 Å². The van der Waals surface area contributed by atoms with Crippen molar-refractivity contribution in [3.63, 3.8) is 0 Å². The quantitative estimate of drug-likeness (QED) is 0.836. The summed E-state index contributed by atoms with van der Waals surface area (Å²) in [6.07, 6.45) is 6.91. The maximum Gasteiger partial charge on any atom is 0.226 e. The van der Waals surface area contributed by atoms with E-state index in [4.69, 9.17) is 4.99 Å². The average molecular weight is 382 g/mol. The molecule has 3 rings (SSSR count). The summed E-state index contributed by atoms with van der Waals surface area (Å²) in [5.74, 6) is 1.03. The molecule has 1 amide bonds. The number of benzene rings is 1. The number of aliphatic imine (C=N–C) groups is 1. The molecule has 1 unspecified atom stereocenters. The Bertz CT molecular complexity index is 599. The number of amidine groups is 1. The Morgan fingerprint density at radius 3 is 2.60 bits per heavy atom. The number of carbonyl (C=O) groups is 1. The molecule has 0 bridgehead atoms. The first-order valence-corrected chi connectivity index (χ1v) is 9.90. The van der Waals surface area contributed by atoms with E-state index < -0.39 is 0 Å². The van der Waals surface area contributed by atoms with Gasteiger partial charge in [0, 0.05) is 31.0 Å². The van der Waals surface area contributed by atoms with E-state index in [9.17, 15) is 4.79 Å². The standard InChI is InChI=1S/C19H27N3OS.ClH/c1-14-8-10-16(11-9-14)20-18(23)12-17-13-24-19(22(17)2)21-15-6-4-3-5-7-15;/h8-11,15,17H,3-7,12-13H2,1-2H3,(H,20,23);1H/b21-19-;. The van der Waals surface area contributed by atoms with Crippen LogP contribution in [0.5, 0.6) is 0 Å². The van der Waals surface area contributed by atoms with Crippen LogP contribution in [0.3, 0.4) is 0 Å². The van der Waals surface area contributed by atoms with Crippen LogP contribution in [0.1, 0.15) is 44.1 Å². The number of halogens is 1. The molecule has 0 spiro atoms. The summed E-state index contributed by atoms with van der Waals surface area (Å²) in [4.78, 5) is 19.5. The lowest BCUT2D eigenvalue weighted by atomic mass is 9.96. The average Bonchev–Trinajstić information content (AvgIpc) is 2.91. The monoisotopic (exact) mass is 381 g/mol. The lowest BCUT2D eigenvalue weighted by molar-refractivity contribution is -0.116. The van der Waals surface area contributed by atoms with Gasteiger partial charge in [0.1, 0.15) is 0 Å². The molecular weight excluding hydrogens is 354 g/mol. The molecule has 1 saturated heterocycles. The van der Waals surface area contributed by atoms with E-state index in [0.29, 0.717) is 12.5 Å². The van der Waals surface area contributed by atoms with Gasteiger partial charge in [0.15, 0.2) is 5.17 Å². The third kappa shape index (κ3) is 5.65. The first-order valence-electron chi connectivity index (χ1n) is 8.92. The topological polar surface area (TPSA) is 44.7 Å². The maximum absolute atomic E-state index is 12.3. The van der Waals surface area contributed by atoms with Crippen molar-refractivity contribution in [2.75, 3.05) is 18.1 Å². The molecule has 1 saturated carbocycles. The fourth-order valence-corrected chi connectivity index (χ4v) is 4.55. The zero-order valence-electron chi connectivity index (χ0n) is 15.0. The molecule has 1 aromatic rings. The van der Waals surface area contributed by atoms with Crippen LogP contribution in [0.2, 0.25) is 0 Å². The Morgan fingerprint density at radius 1 is 1.24 bits per heavy atom. The summed E-state index contributed by atoms with van der Waals surface area (Å²) in [6.45, 7) is 2.05. The molecule has 1 aromatic carbocycles. The van der Waals surface area contributed by atoms with E-state index in [1.165, 1.54) is 37.7 Å². The fraction of sp³-hybridized carbons (Fsp3) is 0.579. The van der Waals surface area contributed by atoms with Gasteiger partial charge in [-0.05, 0) is 31.9 Å². The molecule has 2 fully saturated rings. The molecule has 4 nitrogen and oxygen atoms in total. The molecule has 0 aromatic heterocycles. The second-order valence-electron chi connectivity index (χ2n) is 6.90. The summed E-state index contributed by atoms with van der Waals surface area (Å²) >= 11 is 1.80. The molecule has 1 aliphatic carbocycles. The Morgan fingerprint density at radius 2 is 1.92 bits per heavy atom. The fourth-order valence-electron chi connectivity index (χ4n) is 3.29. The minimum absolute atomic E-state index is 0. The molecule has 138 valence electrons. The van der Waals surface area contributed by atoms with Crippen molar-refractivity contribution in [2.24, 2.45) is 4.99 Å². The predicted molar refractivity (Wildman–Crippen MR) is 110 cm³/mol. The summed E-state index contributed by atoms with van der Waals surface area (Å²) in [7, 11) is 2.07. The molecule has 1 N–H and O–H groups in total. The number of rotatable bonds is 4. The van der Waals surface area contributed by atoms with E-state index >= 15 is 0 Å². The number of thioether (sulfide) groups is 1. The number of carbonyl (C=O) groups excluding carboxylic acids is 1. The van der Waals surface area contributed by atoms with Crippen LogP contribution in [0.15, 0.2) is 29.3 Å². The van der Waals surface area contributed by atoms with Gasteiger partial charge in [-0.15, -0.1) is 12.4 Å². The van der Waals surface area contributed by atoms with Crippen LogP contribution < -0.4 is 5.32 Å². The van der Waals surface area contributed by atoms with Crippen molar-refractivity contribution in [3.8, 4) is 0 Å². The minimum Gasteiger partial charge on any atom is -0.350 e. The van der Waals surface area contributed by atoms with Crippen LogP contribution >= 0.6 is 24.2 Å². The second-order valence-corrected chi connectivity index (χ2v) is 7.88. The number of hydrogen-bond donors (Lipinski definition) is 1. The van der Waals surface area contributed by atoms with Crippen LogP contribution in [-0.2, 0) is 4.79 Å². The van der Waals surface area contributed by atoms with Crippen LogP contribution in [0.25, 0.3) is 0 Å². The molecular formula is C19H28ClN3OS. The maximum atomic E-state index is 12.3. The van der Waals surface area contributed by atoms with E-state index in [0.717, 1.165) is 16.6 Å². The zero-order chi connectivity index (χ0) is 16.9. The van der Waals surface area contributed by atoms with Gasteiger partial charge in [-0.3, -0.25) is 9.79 Å². The zero-order valence-corrected chi connectivity index (χ0v) is 16.7. The molecule has 0 radical (unpaired) electrons. The van der Waals surface area contributed by atoms with Gasteiger partial charge in [0.05, 0.1) is 6.04 Å². The second kappa shape index (κ2) is 9.48. The van der Waals surface area contributed by atoms with Crippen LogP contribution in [0.4, 0.5) is 5.69 Å². The highest BCUT2D eigenvalue weighted by molar-refractivity contribution is 8.14. The van der Waals surface area contributed by atoms with E-state index in [-0.39, 0.29) is 24.4 Å². The Labute approximate surface area is 161 Å². The van der Waals surface area contributed by atoms with Crippen LogP contribution in [-0.4, -0.2) is 40.9 Å². The van der Waals surface area contributed by atoms with Gasteiger partial charge >= 0.3 is 0 Å². The number of nitrogens with one attached hydrogen (secondary N) is 1. The molecule has 25 heavy (non-hydrogen) atoms. The number of hydrogen-bond acceptors (Lipinski definition) is 3. The Balaban J connectivity index is 0.00000225. The predicted octanol–water partition coefficient (Wildman–Crippen LogP) is 4.48. The molecule has 1 atom stereocenters. The Hall–Kier alpha value is -1.20. The van der Waals surface area contributed by atoms with Gasteiger partial charge in [-0.2, -0.15) is 0 Å². The minimum atomic E-state index is 0. The van der Waals surface area contributed by atoms with Crippen molar-refractivity contribution in [1.82, 2.24) is 4.90 Å². The molecule has 2 aliphatic rings. The number of nitrogens with zero attached hydrogens (tertiary/aromatic N) is 2. The third-order valence-electron chi connectivity index (χ3n) is 4.88. The Kier molecular flexibility index (Phi) is 7.63. The first kappa shape index (κ1) is 20.1. The molecule has 6 heteroatoms. The normalized spacial score (nSPS) is 22.7. The summed E-state index contributed by atoms with van der Waals surface area (Å²) < 4.78 is 0.